The summed E-state index contributed by atoms with van der Waals surface area (Å²) >= 11 is 6.03. The second-order valence-corrected chi connectivity index (χ2v) is 6.63. The quantitative estimate of drug-likeness (QED) is 0.486. The lowest BCUT2D eigenvalue weighted by molar-refractivity contribution is 0.299. The smallest absolute Gasteiger partial charge is 0.131 e. The molecule has 2 aromatic rings. The van der Waals surface area contributed by atoms with E-state index < -0.39 is 0 Å². The van der Waals surface area contributed by atoms with Crippen LogP contribution in [-0.4, -0.2) is 6.54 Å². The Morgan fingerprint density at radius 3 is 2.64 bits per heavy atom. The molecule has 0 saturated carbocycles. The van der Waals surface area contributed by atoms with E-state index in [1.165, 1.54) is 38.2 Å². The molecule has 0 aliphatic carbocycles. The van der Waals surface area contributed by atoms with Gasteiger partial charge in [-0.1, -0.05) is 62.4 Å². The van der Waals surface area contributed by atoms with E-state index in [0.717, 1.165) is 24.4 Å². The largest absolute Gasteiger partial charge is 0.489 e. The molecule has 0 aliphatic heterocycles. The normalized spacial score (nSPS) is 10.8. The van der Waals surface area contributed by atoms with Crippen LogP contribution >= 0.6 is 11.6 Å². The molecule has 0 radical (unpaired) electrons. The lowest BCUT2D eigenvalue weighted by Gasteiger charge is -2.10. The Hall–Kier alpha value is -1.58. The molecule has 2 nitrogen and oxygen atoms in total. The fourth-order valence-electron chi connectivity index (χ4n) is 2.66. The second kappa shape index (κ2) is 11.1. The molecule has 2 aromatic carbocycles. The zero-order valence-corrected chi connectivity index (χ0v) is 15.6. The summed E-state index contributed by atoms with van der Waals surface area (Å²) in [5.41, 5.74) is 1.55. The van der Waals surface area contributed by atoms with Gasteiger partial charge in [-0.2, -0.15) is 0 Å². The zero-order valence-electron chi connectivity index (χ0n) is 14.9. The van der Waals surface area contributed by atoms with Gasteiger partial charge in [0.2, 0.25) is 0 Å². The molecule has 0 aromatic heterocycles. The minimum absolute atomic E-state index is 0.125. The van der Waals surface area contributed by atoms with Crippen LogP contribution in [0.2, 0.25) is 5.02 Å². The summed E-state index contributed by atoms with van der Waals surface area (Å²) in [6.07, 6.45) is 6.42. The van der Waals surface area contributed by atoms with Crippen LogP contribution in [0.25, 0.3) is 0 Å². The lowest BCUT2D eigenvalue weighted by Crippen LogP contribution is -2.14. The van der Waals surface area contributed by atoms with Gasteiger partial charge in [-0.25, -0.2) is 4.39 Å². The maximum absolute atomic E-state index is 13.8. The Bertz CT molecular complexity index is 627. The minimum atomic E-state index is -0.339. The van der Waals surface area contributed by atoms with Crippen LogP contribution in [0, 0.1) is 5.82 Å². The number of benzene rings is 2. The summed E-state index contributed by atoms with van der Waals surface area (Å²) in [4.78, 5) is 0. The summed E-state index contributed by atoms with van der Waals surface area (Å²) in [5, 5.41) is 3.85. The molecule has 2 rings (SSSR count). The molecule has 136 valence electrons. The van der Waals surface area contributed by atoms with Crippen molar-refractivity contribution in [3.05, 3.63) is 64.4 Å². The van der Waals surface area contributed by atoms with Gasteiger partial charge in [0.1, 0.15) is 18.2 Å². The van der Waals surface area contributed by atoms with Crippen LogP contribution in [0.4, 0.5) is 4.39 Å². The van der Waals surface area contributed by atoms with Crippen LogP contribution in [0.15, 0.2) is 42.5 Å². The summed E-state index contributed by atoms with van der Waals surface area (Å²) in [6, 6.07) is 12.5. The van der Waals surface area contributed by atoms with Crippen LogP contribution < -0.4 is 10.1 Å². The number of unbranched alkanes of at least 4 members (excludes halogenated alkanes) is 4. The first-order valence-electron chi connectivity index (χ1n) is 9.06. The molecule has 0 saturated heterocycles. The predicted molar refractivity (Wildman–Crippen MR) is 103 cm³/mol. The summed E-state index contributed by atoms with van der Waals surface area (Å²) in [6.45, 7) is 4.19. The predicted octanol–water partition coefficient (Wildman–Crippen LogP) is 6.12. The highest BCUT2D eigenvalue weighted by molar-refractivity contribution is 6.31. The minimum Gasteiger partial charge on any atom is -0.489 e. The van der Waals surface area contributed by atoms with Gasteiger partial charge >= 0.3 is 0 Å². The van der Waals surface area contributed by atoms with E-state index in [9.17, 15) is 4.39 Å². The Labute approximate surface area is 155 Å². The average Bonchev–Trinajstić information content (AvgIpc) is 2.61. The van der Waals surface area contributed by atoms with Gasteiger partial charge < -0.3 is 10.1 Å². The number of hydrogen-bond donors (Lipinski definition) is 1. The number of nitrogens with one attached hydrogen (secondary N) is 1. The van der Waals surface area contributed by atoms with Crippen molar-refractivity contribution in [2.75, 3.05) is 6.54 Å². The van der Waals surface area contributed by atoms with E-state index in [1.54, 1.807) is 12.1 Å². The lowest BCUT2D eigenvalue weighted by atomic mass is 10.1. The first kappa shape index (κ1) is 19.7. The summed E-state index contributed by atoms with van der Waals surface area (Å²) in [5.74, 6) is 0.384. The van der Waals surface area contributed by atoms with E-state index in [-0.39, 0.29) is 12.4 Å². The Balaban J connectivity index is 1.77. The summed E-state index contributed by atoms with van der Waals surface area (Å²) in [7, 11) is 0. The van der Waals surface area contributed by atoms with E-state index in [1.807, 2.05) is 18.2 Å². The Kier molecular flexibility index (Phi) is 8.78. The van der Waals surface area contributed by atoms with E-state index in [2.05, 4.69) is 18.3 Å². The van der Waals surface area contributed by atoms with Crippen molar-refractivity contribution in [2.45, 2.75) is 52.2 Å². The van der Waals surface area contributed by atoms with Crippen molar-refractivity contribution < 1.29 is 9.13 Å². The van der Waals surface area contributed by atoms with Crippen LogP contribution in [0.3, 0.4) is 0 Å². The fourth-order valence-corrected chi connectivity index (χ4v) is 2.87. The highest BCUT2D eigenvalue weighted by Crippen LogP contribution is 2.22. The second-order valence-electron chi connectivity index (χ2n) is 6.23. The molecule has 0 fully saturated rings. The molecular weight excluding hydrogens is 337 g/mol. The van der Waals surface area contributed by atoms with Gasteiger partial charge in [0.05, 0.1) is 5.02 Å². The third-order valence-corrected chi connectivity index (χ3v) is 4.48. The van der Waals surface area contributed by atoms with Crippen molar-refractivity contribution in [2.24, 2.45) is 0 Å². The average molecular weight is 364 g/mol. The van der Waals surface area contributed by atoms with Gasteiger partial charge in [0.25, 0.3) is 0 Å². The van der Waals surface area contributed by atoms with Gasteiger partial charge in [-0.15, -0.1) is 0 Å². The molecule has 1 N–H and O–H groups in total. The Morgan fingerprint density at radius 1 is 1.04 bits per heavy atom. The van der Waals surface area contributed by atoms with Crippen molar-refractivity contribution in [1.29, 1.82) is 0 Å². The molecule has 0 unspecified atom stereocenters. The van der Waals surface area contributed by atoms with Crippen LogP contribution in [0.5, 0.6) is 5.75 Å². The molecular formula is C21H27ClFNO. The topological polar surface area (TPSA) is 21.3 Å². The van der Waals surface area contributed by atoms with E-state index >= 15 is 0 Å². The van der Waals surface area contributed by atoms with Gasteiger partial charge in [0.15, 0.2) is 0 Å². The third kappa shape index (κ3) is 7.05. The zero-order chi connectivity index (χ0) is 17.9. The van der Waals surface area contributed by atoms with Gasteiger partial charge in [-0.05, 0) is 42.8 Å². The van der Waals surface area contributed by atoms with E-state index in [4.69, 9.17) is 16.3 Å². The van der Waals surface area contributed by atoms with Crippen molar-refractivity contribution in [3.63, 3.8) is 0 Å². The number of ether oxygens (including phenoxy) is 1. The molecule has 25 heavy (non-hydrogen) atoms. The standard InChI is InChI=1S/C21H27ClFNO/c1-2-3-4-5-6-13-24-15-17-9-7-10-18(14-17)25-16-19-20(22)11-8-12-21(19)23/h7-12,14,24H,2-6,13,15-16H2,1H3. The van der Waals surface area contributed by atoms with Crippen molar-refractivity contribution in [3.8, 4) is 5.75 Å². The van der Waals surface area contributed by atoms with Crippen molar-refractivity contribution >= 4 is 11.6 Å². The van der Waals surface area contributed by atoms with E-state index in [0.29, 0.717) is 10.6 Å². The highest BCUT2D eigenvalue weighted by atomic mass is 35.5. The maximum atomic E-state index is 13.8. The third-order valence-electron chi connectivity index (χ3n) is 4.13. The molecule has 0 spiro atoms. The monoisotopic (exact) mass is 363 g/mol. The molecule has 0 atom stereocenters. The molecule has 0 heterocycles. The van der Waals surface area contributed by atoms with Gasteiger partial charge in [0, 0.05) is 12.1 Å². The molecule has 4 heteroatoms. The SMILES string of the molecule is CCCCCCCNCc1cccc(OCc2c(F)cccc2Cl)c1. The number of rotatable bonds is 11. The summed E-state index contributed by atoms with van der Waals surface area (Å²) < 4.78 is 19.5. The Morgan fingerprint density at radius 2 is 1.84 bits per heavy atom. The first-order valence-corrected chi connectivity index (χ1v) is 9.44. The highest BCUT2D eigenvalue weighted by Gasteiger charge is 2.07. The van der Waals surface area contributed by atoms with Crippen LogP contribution in [-0.2, 0) is 13.2 Å². The van der Waals surface area contributed by atoms with Crippen molar-refractivity contribution in [1.82, 2.24) is 5.32 Å². The number of hydrogen-bond acceptors (Lipinski definition) is 2. The molecule has 0 aliphatic rings. The van der Waals surface area contributed by atoms with Crippen LogP contribution in [0.1, 0.15) is 50.2 Å². The fraction of sp³-hybridized carbons (Fsp3) is 0.429. The number of halogens is 2. The molecule has 0 amide bonds. The first-order chi connectivity index (χ1) is 12.2. The maximum Gasteiger partial charge on any atom is 0.131 e. The molecule has 0 bridgehead atoms. The van der Waals surface area contributed by atoms with Gasteiger partial charge in [-0.3, -0.25) is 0 Å².